The zero-order valence-corrected chi connectivity index (χ0v) is 19.4. The van der Waals surface area contributed by atoms with Gasteiger partial charge in [-0.3, -0.25) is 14.1 Å². The van der Waals surface area contributed by atoms with Crippen LogP contribution >= 0.6 is 0 Å². The van der Waals surface area contributed by atoms with E-state index in [0.717, 1.165) is 44.0 Å². The van der Waals surface area contributed by atoms with Crippen LogP contribution in [0.1, 0.15) is 21.7 Å². The highest BCUT2D eigenvalue weighted by molar-refractivity contribution is 5.93. The number of morpholine rings is 1. The molecule has 0 saturated carbocycles. The molecule has 0 atom stereocenters. The number of nitrogens with one attached hydrogen (secondary N) is 1. The van der Waals surface area contributed by atoms with Crippen LogP contribution in [0.5, 0.6) is 5.75 Å². The summed E-state index contributed by atoms with van der Waals surface area (Å²) in [5.74, 6) is 2.16. The van der Waals surface area contributed by atoms with Crippen molar-refractivity contribution in [3.05, 3.63) is 66.0 Å². The van der Waals surface area contributed by atoms with Crippen molar-refractivity contribution in [2.24, 2.45) is 0 Å². The minimum Gasteiger partial charge on any atom is -0.489 e. The molecule has 0 spiro atoms. The van der Waals surface area contributed by atoms with Gasteiger partial charge in [-0.25, -0.2) is 15.0 Å². The minimum absolute atomic E-state index is 0.216. The zero-order chi connectivity index (χ0) is 24.0. The molecule has 0 aliphatic carbocycles. The number of hydrogen-bond acceptors (Lipinski definition) is 9. The fraction of sp³-hybridized carbons (Fsp3) is 0.333. The van der Waals surface area contributed by atoms with Crippen LogP contribution < -0.4 is 10.1 Å². The Morgan fingerprint density at radius 1 is 1.11 bits per heavy atom. The number of nitrogens with zero attached hydrogens (tertiary/aromatic N) is 7. The Kier molecular flexibility index (Phi) is 6.87. The summed E-state index contributed by atoms with van der Waals surface area (Å²) in [6.45, 7) is 4.86. The number of fused-ring (bicyclic) bond motifs is 1. The van der Waals surface area contributed by atoms with Gasteiger partial charge in [0.1, 0.15) is 12.4 Å². The average molecular weight is 475 g/mol. The number of amides is 1. The molecule has 0 radical (unpaired) electrons. The maximum Gasteiger partial charge on any atom is 0.255 e. The second-order valence-electron chi connectivity index (χ2n) is 8.13. The van der Waals surface area contributed by atoms with Crippen LogP contribution in [-0.2, 0) is 11.2 Å². The van der Waals surface area contributed by atoms with Crippen molar-refractivity contribution in [3.8, 4) is 17.1 Å². The quantitative estimate of drug-likeness (QED) is 0.402. The number of carbonyl (C=O) groups is 1. The van der Waals surface area contributed by atoms with E-state index in [1.165, 1.54) is 6.20 Å². The Hall–Kier alpha value is -3.96. The molecule has 1 N–H and O–H groups in total. The molecule has 3 aromatic heterocycles. The molecule has 1 saturated heterocycles. The third-order valence-corrected chi connectivity index (χ3v) is 5.78. The largest absolute Gasteiger partial charge is 0.489 e. The maximum atomic E-state index is 12.0. The van der Waals surface area contributed by atoms with Crippen LogP contribution in [0.2, 0.25) is 0 Å². The molecule has 0 bridgehead atoms. The first-order valence-corrected chi connectivity index (χ1v) is 11.5. The molecule has 1 aliphatic heterocycles. The van der Waals surface area contributed by atoms with Gasteiger partial charge in [0.05, 0.1) is 31.2 Å². The van der Waals surface area contributed by atoms with Gasteiger partial charge in [-0.15, -0.1) is 10.2 Å². The Balaban J connectivity index is 1.25. The molecule has 11 nitrogen and oxygen atoms in total. The average Bonchev–Trinajstić information content (AvgIpc) is 3.31. The predicted molar refractivity (Wildman–Crippen MR) is 127 cm³/mol. The summed E-state index contributed by atoms with van der Waals surface area (Å²) in [4.78, 5) is 27.5. The SMILES string of the molecule is CNC(=O)c1cnc2nnc(Cc3cccc(-c4ncc(OCCN5CCOCC5)cn4)c3)n2c1. The Bertz CT molecular complexity index is 1300. The lowest BCUT2D eigenvalue weighted by molar-refractivity contribution is 0.0322. The summed E-state index contributed by atoms with van der Waals surface area (Å²) >= 11 is 0. The molecule has 1 aliphatic rings. The Morgan fingerprint density at radius 2 is 1.94 bits per heavy atom. The minimum atomic E-state index is -0.216. The number of carbonyl (C=O) groups excluding carboxylic acids is 1. The molecule has 1 aromatic carbocycles. The van der Waals surface area contributed by atoms with Crippen LogP contribution in [0.25, 0.3) is 17.2 Å². The molecular formula is C24H26N8O3. The first-order chi connectivity index (χ1) is 17.2. The number of rotatable bonds is 8. The lowest BCUT2D eigenvalue weighted by atomic mass is 10.1. The number of ether oxygens (including phenoxy) is 2. The van der Waals surface area contributed by atoms with E-state index < -0.39 is 0 Å². The van der Waals surface area contributed by atoms with Crippen molar-refractivity contribution >= 4 is 11.7 Å². The van der Waals surface area contributed by atoms with Crippen LogP contribution in [0.15, 0.2) is 49.1 Å². The number of hydrogen-bond donors (Lipinski definition) is 1. The van der Waals surface area contributed by atoms with Gasteiger partial charge in [0.2, 0.25) is 0 Å². The maximum absolute atomic E-state index is 12.0. The first-order valence-electron chi connectivity index (χ1n) is 11.5. The fourth-order valence-corrected chi connectivity index (χ4v) is 3.88. The summed E-state index contributed by atoms with van der Waals surface area (Å²) < 4.78 is 12.9. The van der Waals surface area contributed by atoms with Gasteiger partial charge >= 0.3 is 0 Å². The van der Waals surface area contributed by atoms with Gasteiger partial charge in [-0.2, -0.15) is 0 Å². The Labute approximate surface area is 202 Å². The van der Waals surface area contributed by atoms with E-state index in [4.69, 9.17) is 9.47 Å². The van der Waals surface area contributed by atoms with E-state index in [2.05, 4.69) is 35.4 Å². The number of aromatic nitrogens is 6. The van der Waals surface area contributed by atoms with Gasteiger partial charge in [0.15, 0.2) is 11.6 Å². The summed E-state index contributed by atoms with van der Waals surface area (Å²) in [6, 6.07) is 7.94. The fourth-order valence-electron chi connectivity index (χ4n) is 3.88. The summed E-state index contributed by atoms with van der Waals surface area (Å²) in [5, 5.41) is 11.0. The van der Waals surface area contributed by atoms with Gasteiger partial charge < -0.3 is 14.8 Å². The van der Waals surface area contributed by atoms with E-state index >= 15 is 0 Å². The van der Waals surface area contributed by atoms with E-state index in [9.17, 15) is 4.79 Å². The molecule has 180 valence electrons. The molecule has 5 rings (SSSR count). The Morgan fingerprint density at radius 3 is 2.74 bits per heavy atom. The smallest absolute Gasteiger partial charge is 0.255 e. The summed E-state index contributed by atoms with van der Waals surface area (Å²) in [5.41, 5.74) is 2.34. The molecule has 4 heterocycles. The van der Waals surface area contributed by atoms with Crippen molar-refractivity contribution in [2.75, 3.05) is 46.5 Å². The van der Waals surface area contributed by atoms with Crippen molar-refractivity contribution in [1.29, 1.82) is 0 Å². The van der Waals surface area contributed by atoms with Gasteiger partial charge in [0, 0.05) is 51.1 Å². The van der Waals surface area contributed by atoms with E-state index in [0.29, 0.717) is 41.8 Å². The monoisotopic (exact) mass is 474 g/mol. The molecule has 1 fully saturated rings. The highest BCUT2D eigenvalue weighted by Crippen LogP contribution is 2.20. The zero-order valence-electron chi connectivity index (χ0n) is 19.4. The third-order valence-electron chi connectivity index (χ3n) is 5.78. The van der Waals surface area contributed by atoms with Crippen molar-refractivity contribution in [2.45, 2.75) is 6.42 Å². The van der Waals surface area contributed by atoms with E-state index in [1.54, 1.807) is 30.0 Å². The van der Waals surface area contributed by atoms with Crippen LogP contribution in [0, 0.1) is 0 Å². The van der Waals surface area contributed by atoms with E-state index in [-0.39, 0.29) is 5.91 Å². The second kappa shape index (κ2) is 10.5. The highest BCUT2D eigenvalue weighted by Gasteiger charge is 2.13. The molecule has 35 heavy (non-hydrogen) atoms. The van der Waals surface area contributed by atoms with Crippen molar-refractivity contribution < 1.29 is 14.3 Å². The van der Waals surface area contributed by atoms with Crippen LogP contribution in [0.4, 0.5) is 0 Å². The van der Waals surface area contributed by atoms with Crippen molar-refractivity contribution in [1.82, 2.24) is 39.8 Å². The normalized spacial score (nSPS) is 14.2. The summed E-state index contributed by atoms with van der Waals surface area (Å²) in [6.07, 6.45) is 7.09. The van der Waals surface area contributed by atoms with Crippen molar-refractivity contribution in [3.63, 3.8) is 0 Å². The van der Waals surface area contributed by atoms with Crippen LogP contribution in [0.3, 0.4) is 0 Å². The van der Waals surface area contributed by atoms with Gasteiger partial charge in [0.25, 0.3) is 11.7 Å². The third kappa shape index (κ3) is 5.42. The number of benzene rings is 1. The molecule has 1 amide bonds. The van der Waals surface area contributed by atoms with Gasteiger partial charge in [-0.05, 0) is 11.6 Å². The van der Waals surface area contributed by atoms with Gasteiger partial charge in [-0.1, -0.05) is 18.2 Å². The molecule has 4 aromatic rings. The topological polar surface area (TPSA) is 120 Å². The lowest BCUT2D eigenvalue weighted by Crippen LogP contribution is -2.38. The summed E-state index contributed by atoms with van der Waals surface area (Å²) in [7, 11) is 1.58. The predicted octanol–water partition coefficient (Wildman–Crippen LogP) is 1.24. The van der Waals surface area contributed by atoms with E-state index in [1.807, 2.05) is 24.3 Å². The highest BCUT2D eigenvalue weighted by atomic mass is 16.5. The van der Waals surface area contributed by atoms with Crippen LogP contribution in [-0.4, -0.2) is 86.9 Å². The molecule has 0 unspecified atom stereocenters. The lowest BCUT2D eigenvalue weighted by Gasteiger charge is -2.26. The first kappa shape index (κ1) is 22.8. The second-order valence-corrected chi connectivity index (χ2v) is 8.13. The molecular weight excluding hydrogens is 448 g/mol. The standard InChI is InChI=1S/C24H26N8O3/c1-25-23(33)19-13-28-24-30-29-21(32(24)16-19)12-17-3-2-4-18(11-17)22-26-14-20(15-27-22)35-10-7-31-5-8-34-9-6-31/h2-4,11,13-16H,5-10,12H2,1H3,(H,25,33). The molecule has 11 heteroatoms.